The maximum atomic E-state index is 13.2. The van der Waals surface area contributed by atoms with Crippen LogP contribution in [-0.4, -0.2) is 48.5 Å². The summed E-state index contributed by atoms with van der Waals surface area (Å²) in [5, 5.41) is 3.51. The number of nitrogens with one attached hydrogen (secondary N) is 1. The number of carbonyl (C=O) groups is 1. The Labute approximate surface area is 155 Å². The molecule has 2 heterocycles. The van der Waals surface area contributed by atoms with E-state index in [-0.39, 0.29) is 12.5 Å². The highest BCUT2D eigenvalue weighted by Gasteiger charge is 2.20. The molecule has 1 aliphatic rings. The first-order chi connectivity index (χ1) is 12.0. The van der Waals surface area contributed by atoms with Crippen molar-refractivity contribution < 1.29 is 9.18 Å². The van der Waals surface area contributed by atoms with Crippen molar-refractivity contribution >= 4 is 40.6 Å². The van der Waals surface area contributed by atoms with E-state index in [1.807, 2.05) is 9.80 Å². The van der Waals surface area contributed by atoms with E-state index in [1.165, 1.54) is 6.07 Å². The second kappa shape index (κ2) is 7.99. The average Bonchev–Trinajstić information content (AvgIpc) is 2.60. The first kappa shape index (κ1) is 17.9. The molecule has 25 heavy (non-hydrogen) atoms. The summed E-state index contributed by atoms with van der Waals surface area (Å²) < 4.78 is 13.2. The minimum Gasteiger partial charge on any atom is -0.354 e. The summed E-state index contributed by atoms with van der Waals surface area (Å²) in [6.45, 7) is 3.00. The van der Waals surface area contributed by atoms with Gasteiger partial charge in [-0.15, -0.1) is 0 Å². The molecule has 1 amide bonds. The molecule has 132 valence electrons. The van der Waals surface area contributed by atoms with Crippen molar-refractivity contribution in [2.24, 2.45) is 0 Å². The fourth-order valence-electron chi connectivity index (χ4n) is 2.70. The topological polar surface area (TPSA) is 48.5 Å². The van der Waals surface area contributed by atoms with Gasteiger partial charge in [-0.05, 0) is 24.3 Å². The Kier molecular flexibility index (Phi) is 5.73. The lowest BCUT2D eigenvalue weighted by molar-refractivity contribution is -0.117. The third kappa shape index (κ3) is 4.60. The fraction of sp³-hybridized carbons (Fsp3) is 0.294. The highest BCUT2D eigenvalue weighted by Crippen LogP contribution is 2.29. The summed E-state index contributed by atoms with van der Waals surface area (Å²) in [6, 6.07) is 9.86. The average molecular weight is 383 g/mol. The first-order valence-electron chi connectivity index (χ1n) is 7.86. The lowest BCUT2D eigenvalue weighted by atomic mass is 10.3. The predicted octanol–water partition coefficient (Wildman–Crippen LogP) is 3.29. The van der Waals surface area contributed by atoms with Gasteiger partial charge in [-0.25, -0.2) is 4.98 Å². The maximum absolute atomic E-state index is 13.2. The zero-order valence-corrected chi connectivity index (χ0v) is 14.9. The third-order valence-electron chi connectivity index (χ3n) is 3.99. The number of anilines is 2. The summed E-state index contributed by atoms with van der Waals surface area (Å²) in [7, 11) is 0. The van der Waals surface area contributed by atoms with Crippen LogP contribution in [0.1, 0.15) is 0 Å². The number of amides is 1. The monoisotopic (exact) mass is 382 g/mol. The van der Waals surface area contributed by atoms with Gasteiger partial charge in [-0.2, -0.15) is 4.39 Å². The van der Waals surface area contributed by atoms with Gasteiger partial charge in [0.25, 0.3) is 0 Å². The number of benzene rings is 1. The van der Waals surface area contributed by atoms with E-state index in [9.17, 15) is 9.18 Å². The van der Waals surface area contributed by atoms with Crippen LogP contribution in [0.2, 0.25) is 10.0 Å². The molecular weight excluding hydrogens is 366 g/mol. The summed E-state index contributed by atoms with van der Waals surface area (Å²) in [6.07, 6.45) is 0. The van der Waals surface area contributed by atoms with E-state index >= 15 is 0 Å². The van der Waals surface area contributed by atoms with Gasteiger partial charge in [-0.1, -0.05) is 35.3 Å². The molecule has 1 aromatic carbocycles. The Balaban J connectivity index is 1.52. The number of hydrogen-bond donors (Lipinski definition) is 1. The molecule has 5 nitrogen and oxygen atoms in total. The minimum atomic E-state index is -0.488. The Bertz CT molecular complexity index is 766. The second-order valence-corrected chi connectivity index (χ2v) is 6.52. The van der Waals surface area contributed by atoms with Gasteiger partial charge in [0.2, 0.25) is 11.9 Å². The van der Waals surface area contributed by atoms with Crippen molar-refractivity contribution in [3.8, 4) is 0 Å². The Morgan fingerprint density at radius 3 is 2.56 bits per heavy atom. The normalized spacial score (nSPS) is 15.2. The highest BCUT2D eigenvalue weighted by molar-refractivity contribution is 6.43. The lowest BCUT2D eigenvalue weighted by Gasteiger charge is -2.34. The molecule has 3 rings (SSSR count). The molecule has 1 aliphatic heterocycles. The third-order valence-corrected chi connectivity index (χ3v) is 4.81. The van der Waals surface area contributed by atoms with Gasteiger partial charge in [0.05, 0.1) is 22.3 Å². The molecule has 0 radical (unpaired) electrons. The molecular formula is C17H17Cl2FN4O. The van der Waals surface area contributed by atoms with Gasteiger partial charge in [0.1, 0.15) is 5.82 Å². The molecule has 0 spiro atoms. The van der Waals surface area contributed by atoms with Crippen molar-refractivity contribution in [1.29, 1.82) is 0 Å². The number of hydrogen-bond acceptors (Lipinski definition) is 4. The predicted molar refractivity (Wildman–Crippen MR) is 97.9 cm³/mol. The molecule has 8 heteroatoms. The largest absolute Gasteiger partial charge is 0.354 e. The van der Waals surface area contributed by atoms with E-state index in [1.54, 1.807) is 30.3 Å². The molecule has 0 bridgehead atoms. The van der Waals surface area contributed by atoms with E-state index in [4.69, 9.17) is 23.2 Å². The Morgan fingerprint density at radius 2 is 1.84 bits per heavy atom. The summed E-state index contributed by atoms with van der Waals surface area (Å²) in [5.41, 5.74) is 0.502. The number of halogens is 3. The van der Waals surface area contributed by atoms with Crippen LogP contribution < -0.4 is 10.2 Å². The molecule has 0 aliphatic carbocycles. The van der Waals surface area contributed by atoms with Crippen LogP contribution in [0, 0.1) is 5.95 Å². The van der Waals surface area contributed by atoms with Crippen molar-refractivity contribution in [2.75, 3.05) is 42.9 Å². The fourth-order valence-corrected chi connectivity index (χ4v) is 3.05. The standard InChI is InChI=1S/C17H17Cl2FN4O/c18-12-3-1-4-13(17(12)19)21-16(25)11-23-7-9-24(10-8-23)15-6-2-5-14(20)22-15/h1-6H,7-11H2,(H,21,25). The van der Waals surface area contributed by atoms with E-state index in [0.717, 1.165) is 0 Å². The molecule has 2 aromatic rings. The van der Waals surface area contributed by atoms with Crippen LogP contribution in [0.5, 0.6) is 0 Å². The molecule has 1 saturated heterocycles. The van der Waals surface area contributed by atoms with Crippen LogP contribution >= 0.6 is 23.2 Å². The van der Waals surface area contributed by atoms with Crippen LogP contribution in [0.3, 0.4) is 0 Å². The lowest BCUT2D eigenvalue weighted by Crippen LogP contribution is -2.49. The summed E-state index contributed by atoms with van der Waals surface area (Å²) >= 11 is 12.0. The number of nitrogens with zero attached hydrogens (tertiary/aromatic N) is 3. The molecule has 1 N–H and O–H groups in total. The molecule has 0 unspecified atom stereocenters. The quantitative estimate of drug-likeness (QED) is 0.824. The van der Waals surface area contributed by atoms with E-state index < -0.39 is 5.95 Å². The van der Waals surface area contributed by atoms with Crippen LogP contribution in [0.15, 0.2) is 36.4 Å². The van der Waals surface area contributed by atoms with Crippen molar-refractivity contribution in [3.63, 3.8) is 0 Å². The van der Waals surface area contributed by atoms with Crippen LogP contribution in [-0.2, 0) is 4.79 Å². The number of carbonyl (C=O) groups excluding carboxylic acids is 1. The molecule has 1 fully saturated rings. The molecule has 0 atom stereocenters. The number of aromatic nitrogens is 1. The zero-order valence-electron chi connectivity index (χ0n) is 13.4. The molecule has 0 saturated carbocycles. The van der Waals surface area contributed by atoms with Gasteiger partial charge < -0.3 is 10.2 Å². The van der Waals surface area contributed by atoms with Gasteiger partial charge in [0.15, 0.2) is 0 Å². The Hall–Kier alpha value is -1.89. The number of rotatable bonds is 4. The summed E-state index contributed by atoms with van der Waals surface area (Å²) in [4.78, 5) is 20.1. The van der Waals surface area contributed by atoms with Crippen LogP contribution in [0.25, 0.3) is 0 Å². The van der Waals surface area contributed by atoms with Gasteiger partial charge in [-0.3, -0.25) is 9.69 Å². The van der Waals surface area contributed by atoms with Crippen LogP contribution in [0.4, 0.5) is 15.9 Å². The van der Waals surface area contributed by atoms with Gasteiger partial charge in [0, 0.05) is 26.2 Å². The number of piperazine rings is 1. The Morgan fingerprint density at radius 1 is 1.12 bits per heavy atom. The smallest absolute Gasteiger partial charge is 0.238 e. The minimum absolute atomic E-state index is 0.151. The summed E-state index contributed by atoms with van der Waals surface area (Å²) in [5.74, 6) is -0.0194. The van der Waals surface area contributed by atoms with E-state index in [0.29, 0.717) is 47.7 Å². The van der Waals surface area contributed by atoms with Crippen molar-refractivity contribution in [3.05, 3.63) is 52.4 Å². The number of pyridine rings is 1. The van der Waals surface area contributed by atoms with E-state index in [2.05, 4.69) is 10.3 Å². The second-order valence-electron chi connectivity index (χ2n) is 5.73. The van der Waals surface area contributed by atoms with Crippen molar-refractivity contribution in [2.45, 2.75) is 0 Å². The maximum Gasteiger partial charge on any atom is 0.238 e. The van der Waals surface area contributed by atoms with Crippen molar-refractivity contribution in [1.82, 2.24) is 9.88 Å². The molecule has 1 aromatic heterocycles. The highest BCUT2D eigenvalue weighted by atomic mass is 35.5. The van der Waals surface area contributed by atoms with Gasteiger partial charge >= 0.3 is 0 Å². The zero-order chi connectivity index (χ0) is 17.8. The first-order valence-corrected chi connectivity index (χ1v) is 8.62. The SMILES string of the molecule is O=C(CN1CCN(c2cccc(F)n2)CC1)Nc1cccc(Cl)c1Cl.